The molecule has 6 nitrogen and oxygen atoms in total. The summed E-state index contributed by atoms with van der Waals surface area (Å²) >= 11 is 0. The molecule has 0 fully saturated rings. The average molecular weight is 248 g/mol. The summed E-state index contributed by atoms with van der Waals surface area (Å²) in [5.41, 5.74) is 8.81. The van der Waals surface area contributed by atoms with Gasteiger partial charge in [-0.2, -0.15) is 5.10 Å². The molecule has 2 aromatic rings. The zero-order valence-electron chi connectivity index (χ0n) is 10.9. The second kappa shape index (κ2) is 4.29. The normalized spacial score (nSPS) is 10.9. The summed E-state index contributed by atoms with van der Waals surface area (Å²) in [7, 11) is 1.33. The largest absolute Gasteiger partial charge is 0.465 e. The first kappa shape index (κ1) is 12.3. The lowest BCUT2D eigenvalue weighted by atomic mass is 10.1. The first-order valence-corrected chi connectivity index (χ1v) is 5.72. The van der Waals surface area contributed by atoms with Crippen LogP contribution in [0.3, 0.4) is 0 Å². The summed E-state index contributed by atoms with van der Waals surface area (Å²) in [5.74, 6) is -0.469. The van der Waals surface area contributed by atoms with Gasteiger partial charge >= 0.3 is 5.97 Å². The van der Waals surface area contributed by atoms with Gasteiger partial charge in [-0.3, -0.25) is 0 Å². The lowest BCUT2D eigenvalue weighted by molar-refractivity contribution is 0.0601. The van der Waals surface area contributed by atoms with E-state index in [9.17, 15) is 4.79 Å². The van der Waals surface area contributed by atoms with E-state index in [1.165, 1.54) is 7.11 Å². The quantitative estimate of drug-likeness (QED) is 0.813. The fourth-order valence-electron chi connectivity index (χ4n) is 2.11. The first-order chi connectivity index (χ1) is 8.51. The van der Waals surface area contributed by atoms with Gasteiger partial charge in [-0.15, -0.1) is 0 Å². The summed E-state index contributed by atoms with van der Waals surface area (Å²) in [6.45, 7) is 6.27. The van der Waals surface area contributed by atoms with Gasteiger partial charge < -0.3 is 10.5 Å². The van der Waals surface area contributed by atoms with Crippen molar-refractivity contribution in [1.82, 2.24) is 14.8 Å². The monoisotopic (exact) mass is 248 g/mol. The summed E-state index contributed by atoms with van der Waals surface area (Å²) < 4.78 is 6.51. The fourth-order valence-corrected chi connectivity index (χ4v) is 2.11. The number of carbonyl (C=O) groups excluding carboxylic acids is 1. The maximum atomic E-state index is 11.7. The van der Waals surface area contributed by atoms with Crippen LogP contribution in [0, 0.1) is 13.8 Å². The van der Waals surface area contributed by atoms with E-state index in [0.29, 0.717) is 29.1 Å². The molecule has 0 radical (unpaired) electrons. The minimum atomic E-state index is -0.469. The van der Waals surface area contributed by atoms with Crippen LogP contribution in [-0.4, -0.2) is 27.8 Å². The zero-order valence-corrected chi connectivity index (χ0v) is 10.9. The Morgan fingerprint density at radius 1 is 1.39 bits per heavy atom. The summed E-state index contributed by atoms with van der Waals surface area (Å²) in [6.07, 6.45) is 0. The van der Waals surface area contributed by atoms with Gasteiger partial charge in [0.25, 0.3) is 0 Å². The number of carbonyl (C=O) groups is 1. The number of ether oxygens (including phenoxy) is 1. The van der Waals surface area contributed by atoms with Gasteiger partial charge in [0.15, 0.2) is 5.65 Å². The molecule has 0 aliphatic rings. The Bertz CT molecular complexity index is 631. The predicted molar refractivity (Wildman–Crippen MR) is 68.4 cm³/mol. The molecule has 0 unspecified atom stereocenters. The molecule has 18 heavy (non-hydrogen) atoms. The highest BCUT2D eigenvalue weighted by molar-refractivity contribution is 6.05. The number of pyridine rings is 1. The number of nitrogens with zero attached hydrogens (tertiary/aromatic N) is 3. The molecule has 2 aromatic heterocycles. The molecule has 0 aliphatic carbocycles. The van der Waals surface area contributed by atoms with E-state index >= 15 is 0 Å². The summed E-state index contributed by atoms with van der Waals surface area (Å²) in [5, 5.41) is 5.08. The van der Waals surface area contributed by atoms with Gasteiger partial charge in [0.05, 0.1) is 29.6 Å². The minimum Gasteiger partial charge on any atom is -0.465 e. The molecule has 0 spiro atoms. The molecule has 0 saturated heterocycles. The molecule has 0 saturated carbocycles. The molecule has 2 N–H and O–H groups in total. The molecule has 96 valence electrons. The maximum absolute atomic E-state index is 11.7. The lowest BCUT2D eigenvalue weighted by Gasteiger charge is -2.08. The van der Waals surface area contributed by atoms with E-state index in [-0.39, 0.29) is 0 Å². The summed E-state index contributed by atoms with van der Waals surface area (Å²) in [4.78, 5) is 16.1. The topological polar surface area (TPSA) is 83.0 Å². The highest BCUT2D eigenvalue weighted by Crippen LogP contribution is 2.28. The second-order valence-corrected chi connectivity index (χ2v) is 4.08. The molecule has 0 bridgehead atoms. The SMILES string of the molecule is CCn1nc(C)c2c(N)c(C(=O)OC)c(C)nc21. The number of methoxy groups -OCH3 is 1. The number of fused-ring (bicyclic) bond motifs is 1. The molecule has 2 rings (SSSR count). The highest BCUT2D eigenvalue weighted by atomic mass is 16.5. The highest BCUT2D eigenvalue weighted by Gasteiger charge is 2.21. The van der Waals surface area contributed by atoms with Crippen molar-refractivity contribution >= 4 is 22.7 Å². The third-order valence-corrected chi connectivity index (χ3v) is 2.96. The minimum absolute atomic E-state index is 0.323. The van der Waals surface area contributed by atoms with Gasteiger partial charge in [-0.05, 0) is 20.8 Å². The number of hydrogen-bond donors (Lipinski definition) is 1. The van der Waals surface area contributed by atoms with Gasteiger partial charge in [0.2, 0.25) is 0 Å². The van der Waals surface area contributed by atoms with Crippen LogP contribution in [0.1, 0.15) is 28.7 Å². The molecule has 0 atom stereocenters. The molecular weight excluding hydrogens is 232 g/mol. The molecule has 0 aromatic carbocycles. The molecule has 6 heteroatoms. The van der Waals surface area contributed by atoms with Crippen LogP contribution in [0.15, 0.2) is 0 Å². The van der Waals surface area contributed by atoms with Crippen LogP contribution >= 0.6 is 0 Å². The Morgan fingerprint density at radius 3 is 2.61 bits per heavy atom. The van der Waals surface area contributed by atoms with Crippen molar-refractivity contribution in [3.63, 3.8) is 0 Å². The van der Waals surface area contributed by atoms with Crippen LogP contribution < -0.4 is 5.73 Å². The Labute approximate surface area is 105 Å². The van der Waals surface area contributed by atoms with E-state index in [2.05, 4.69) is 10.1 Å². The van der Waals surface area contributed by atoms with E-state index in [1.807, 2.05) is 13.8 Å². The first-order valence-electron chi connectivity index (χ1n) is 5.72. The molecular formula is C12H16N4O2. The molecule has 0 amide bonds. The smallest absolute Gasteiger partial charge is 0.341 e. The number of nitrogen functional groups attached to an aromatic ring is 1. The number of aryl methyl sites for hydroxylation is 3. The standard InChI is InChI=1S/C12H16N4O2/c1-5-16-11-8(7(3)15-16)10(13)9(6(2)14-11)12(17)18-4/h5H2,1-4H3,(H2,13,14). The van der Waals surface area contributed by atoms with E-state index in [1.54, 1.807) is 11.6 Å². The van der Waals surface area contributed by atoms with Crippen molar-refractivity contribution < 1.29 is 9.53 Å². The number of hydrogen-bond acceptors (Lipinski definition) is 5. The Balaban J connectivity index is 2.86. The second-order valence-electron chi connectivity index (χ2n) is 4.08. The number of nitrogens with two attached hydrogens (primary N) is 1. The van der Waals surface area contributed by atoms with Crippen LogP contribution in [0.25, 0.3) is 11.0 Å². The number of aromatic nitrogens is 3. The Morgan fingerprint density at radius 2 is 2.06 bits per heavy atom. The van der Waals surface area contributed by atoms with Gasteiger partial charge in [0.1, 0.15) is 5.56 Å². The lowest BCUT2D eigenvalue weighted by Crippen LogP contribution is -2.10. The van der Waals surface area contributed by atoms with Crippen LogP contribution in [0.5, 0.6) is 0 Å². The van der Waals surface area contributed by atoms with Crippen LogP contribution in [-0.2, 0) is 11.3 Å². The number of esters is 1. The van der Waals surface area contributed by atoms with E-state index in [0.717, 1.165) is 11.1 Å². The van der Waals surface area contributed by atoms with Crippen molar-refractivity contribution in [2.75, 3.05) is 12.8 Å². The van der Waals surface area contributed by atoms with Crippen molar-refractivity contribution in [3.05, 3.63) is 17.0 Å². The van der Waals surface area contributed by atoms with Gasteiger partial charge in [-0.25, -0.2) is 14.5 Å². The number of rotatable bonds is 2. The number of anilines is 1. The van der Waals surface area contributed by atoms with Gasteiger partial charge in [0, 0.05) is 6.54 Å². The Kier molecular flexibility index (Phi) is 2.94. The third-order valence-electron chi connectivity index (χ3n) is 2.96. The molecule has 2 heterocycles. The fraction of sp³-hybridized carbons (Fsp3) is 0.417. The van der Waals surface area contributed by atoms with E-state index < -0.39 is 5.97 Å². The van der Waals surface area contributed by atoms with Crippen molar-refractivity contribution in [3.8, 4) is 0 Å². The van der Waals surface area contributed by atoms with Crippen LogP contribution in [0.4, 0.5) is 5.69 Å². The Hall–Kier alpha value is -2.11. The van der Waals surface area contributed by atoms with Crippen molar-refractivity contribution in [2.45, 2.75) is 27.3 Å². The van der Waals surface area contributed by atoms with E-state index in [4.69, 9.17) is 10.5 Å². The molecule has 0 aliphatic heterocycles. The average Bonchev–Trinajstić information content (AvgIpc) is 2.65. The van der Waals surface area contributed by atoms with Crippen LogP contribution in [0.2, 0.25) is 0 Å². The predicted octanol–water partition coefficient (Wildman–Crippen LogP) is 1.44. The van der Waals surface area contributed by atoms with Crippen molar-refractivity contribution in [1.29, 1.82) is 0 Å². The van der Waals surface area contributed by atoms with Gasteiger partial charge in [-0.1, -0.05) is 0 Å². The third kappa shape index (κ3) is 1.61. The van der Waals surface area contributed by atoms with Crippen molar-refractivity contribution in [2.24, 2.45) is 0 Å². The maximum Gasteiger partial charge on any atom is 0.341 e. The summed E-state index contributed by atoms with van der Waals surface area (Å²) in [6, 6.07) is 0. The zero-order chi connectivity index (χ0) is 13.4.